The fraction of sp³-hybridized carbons (Fsp3) is 0.400. The van der Waals surface area contributed by atoms with Crippen molar-refractivity contribution >= 4 is 11.6 Å². The lowest BCUT2D eigenvalue weighted by Gasteiger charge is -2.06. The molecule has 1 aromatic rings. The molecule has 0 radical (unpaired) electrons. The first kappa shape index (κ1) is 10.3. The van der Waals surface area contributed by atoms with E-state index in [-0.39, 0.29) is 10.8 Å². The molecular weight excluding hydrogens is 191 g/mol. The zero-order valence-electron chi connectivity index (χ0n) is 7.52. The lowest BCUT2D eigenvalue weighted by molar-refractivity contribution is 0.294. The second-order valence-electron chi connectivity index (χ2n) is 2.75. The molecule has 0 aromatic heterocycles. The van der Waals surface area contributed by atoms with Gasteiger partial charge in [0, 0.05) is 0 Å². The Morgan fingerprint density at radius 3 is 2.92 bits per heavy atom. The smallest absolute Gasteiger partial charge is 0.183 e. The van der Waals surface area contributed by atoms with Crippen LogP contribution in [-0.4, -0.2) is 6.61 Å². The van der Waals surface area contributed by atoms with Crippen LogP contribution in [0.25, 0.3) is 0 Å². The van der Waals surface area contributed by atoms with Crippen LogP contribution in [0, 0.1) is 5.82 Å². The normalized spacial score (nSPS) is 10.1. The third kappa shape index (κ3) is 2.88. The Bertz CT molecular complexity index is 276. The second-order valence-corrected chi connectivity index (χ2v) is 3.16. The molecule has 0 heterocycles. The molecule has 0 aliphatic rings. The number of rotatable bonds is 4. The molecule has 3 heteroatoms. The number of ether oxygens (including phenoxy) is 1. The van der Waals surface area contributed by atoms with Crippen LogP contribution in [0.5, 0.6) is 5.75 Å². The Balaban J connectivity index is 2.61. The zero-order chi connectivity index (χ0) is 9.68. The van der Waals surface area contributed by atoms with Crippen LogP contribution in [0.15, 0.2) is 18.2 Å². The van der Waals surface area contributed by atoms with Crippen molar-refractivity contribution in [1.29, 1.82) is 0 Å². The molecule has 0 amide bonds. The number of unbranched alkanes of at least 4 members (excludes halogenated alkanes) is 1. The van der Waals surface area contributed by atoms with E-state index in [9.17, 15) is 4.39 Å². The molecule has 72 valence electrons. The molecule has 0 atom stereocenters. The highest BCUT2D eigenvalue weighted by molar-refractivity contribution is 6.30. The average molecular weight is 203 g/mol. The summed E-state index contributed by atoms with van der Waals surface area (Å²) in [6.07, 6.45) is 1.95. The summed E-state index contributed by atoms with van der Waals surface area (Å²) >= 11 is 5.57. The van der Waals surface area contributed by atoms with Crippen LogP contribution in [0.4, 0.5) is 4.39 Å². The van der Waals surface area contributed by atoms with E-state index in [0.29, 0.717) is 6.61 Å². The molecule has 0 fully saturated rings. The van der Waals surface area contributed by atoms with E-state index in [4.69, 9.17) is 16.3 Å². The molecular formula is C10H12ClFO. The molecule has 0 saturated heterocycles. The highest BCUT2D eigenvalue weighted by Crippen LogP contribution is 2.23. The molecule has 0 N–H and O–H groups in total. The molecule has 1 rings (SSSR count). The van der Waals surface area contributed by atoms with Gasteiger partial charge in [0.1, 0.15) is 0 Å². The molecule has 0 saturated carbocycles. The quantitative estimate of drug-likeness (QED) is 0.678. The predicted molar refractivity (Wildman–Crippen MR) is 51.8 cm³/mol. The lowest BCUT2D eigenvalue weighted by Crippen LogP contribution is -1.98. The van der Waals surface area contributed by atoms with E-state index in [1.807, 2.05) is 0 Å². The maximum Gasteiger partial charge on any atom is 0.183 e. The summed E-state index contributed by atoms with van der Waals surface area (Å²) in [4.78, 5) is 0. The van der Waals surface area contributed by atoms with Crippen molar-refractivity contribution in [3.8, 4) is 5.75 Å². The van der Waals surface area contributed by atoms with E-state index in [1.54, 1.807) is 12.1 Å². The Kier molecular flexibility index (Phi) is 4.03. The summed E-state index contributed by atoms with van der Waals surface area (Å²) in [5.74, 6) is -0.235. The number of hydrogen-bond donors (Lipinski definition) is 0. The van der Waals surface area contributed by atoms with E-state index in [2.05, 4.69) is 6.92 Å². The van der Waals surface area contributed by atoms with Crippen LogP contribution >= 0.6 is 11.6 Å². The lowest BCUT2D eigenvalue weighted by atomic mass is 10.3. The summed E-state index contributed by atoms with van der Waals surface area (Å²) in [5.41, 5.74) is 0. The second kappa shape index (κ2) is 5.07. The van der Waals surface area contributed by atoms with Gasteiger partial charge >= 0.3 is 0 Å². The van der Waals surface area contributed by atoms with Crippen molar-refractivity contribution in [3.05, 3.63) is 29.0 Å². The Hall–Kier alpha value is -0.760. The van der Waals surface area contributed by atoms with Crippen molar-refractivity contribution in [1.82, 2.24) is 0 Å². The number of halogens is 2. The summed E-state index contributed by atoms with van der Waals surface area (Å²) < 4.78 is 18.4. The van der Waals surface area contributed by atoms with E-state index in [0.717, 1.165) is 12.8 Å². The van der Waals surface area contributed by atoms with E-state index >= 15 is 0 Å². The molecule has 0 aliphatic carbocycles. The van der Waals surface area contributed by atoms with E-state index in [1.165, 1.54) is 6.07 Å². The first-order chi connectivity index (χ1) is 6.25. The first-order valence-corrected chi connectivity index (χ1v) is 4.70. The van der Waals surface area contributed by atoms with Gasteiger partial charge in [0.05, 0.1) is 11.6 Å². The Labute approximate surface area is 82.5 Å². The van der Waals surface area contributed by atoms with Crippen molar-refractivity contribution in [2.75, 3.05) is 6.61 Å². The van der Waals surface area contributed by atoms with Crippen LogP contribution in [0.3, 0.4) is 0 Å². The fourth-order valence-corrected chi connectivity index (χ4v) is 1.09. The van der Waals surface area contributed by atoms with Gasteiger partial charge in [-0.2, -0.15) is 0 Å². The highest BCUT2D eigenvalue weighted by atomic mass is 35.5. The van der Waals surface area contributed by atoms with Gasteiger partial charge in [-0.25, -0.2) is 4.39 Å². The maximum atomic E-state index is 13.2. The number of benzene rings is 1. The maximum absolute atomic E-state index is 13.2. The van der Waals surface area contributed by atoms with Crippen LogP contribution in [0.2, 0.25) is 5.02 Å². The largest absolute Gasteiger partial charge is 0.490 e. The molecule has 13 heavy (non-hydrogen) atoms. The topological polar surface area (TPSA) is 9.23 Å². The summed E-state index contributed by atoms with van der Waals surface area (Å²) in [5, 5.41) is 0.106. The van der Waals surface area contributed by atoms with Gasteiger partial charge in [0.15, 0.2) is 11.6 Å². The summed E-state index contributed by atoms with van der Waals surface area (Å²) in [6.45, 7) is 2.59. The Morgan fingerprint density at radius 2 is 2.23 bits per heavy atom. The standard InChI is InChI=1S/C10H12ClFO/c1-2-3-7-13-9-6-4-5-8(11)10(9)12/h4-6H,2-3,7H2,1H3. The monoisotopic (exact) mass is 202 g/mol. The van der Waals surface area contributed by atoms with Crippen LogP contribution in [0.1, 0.15) is 19.8 Å². The van der Waals surface area contributed by atoms with Crippen molar-refractivity contribution < 1.29 is 9.13 Å². The van der Waals surface area contributed by atoms with Gasteiger partial charge in [0.25, 0.3) is 0 Å². The SMILES string of the molecule is CCCCOc1cccc(Cl)c1F. The fourth-order valence-electron chi connectivity index (χ4n) is 0.922. The van der Waals surface area contributed by atoms with Gasteiger partial charge in [0.2, 0.25) is 0 Å². The van der Waals surface area contributed by atoms with Gasteiger partial charge in [-0.05, 0) is 18.6 Å². The van der Waals surface area contributed by atoms with Gasteiger partial charge in [-0.3, -0.25) is 0 Å². The van der Waals surface area contributed by atoms with Crippen molar-refractivity contribution in [3.63, 3.8) is 0 Å². The molecule has 0 aliphatic heterocycles. The third-order valence-corrected chi connectivity index (χ3v) is 1.96. The first-order valence-electron chi connectivity index (χ1n) is 4.32. The minimum Gasteiger partial charge on any atom is -0.490 e. The minimum atomic E-state index is -0.472. The molecule has 1 nitrogen and oxygen atoms in total. The summed E-state index contributed by atoms with van der Waals surface area (Å²) in [6, 6.07) is 4.76. The predicted octanol–water partition coefficient (Wildman–Crippen LogP) is 3.66. The molecule has 1 aromatic carbocycles. The average Bonchev–Trinajstić information content (AvgIpc) is 2.13. The molecule has 0 unspecified atom stereocenters. The number of hydrogen-bond acceptors (Lipinski definition) is 1. The third-order valence-electron chi connectivity index (χ3n) is 1.67. The van der Waals surface area contributed by atoms with Crippen LogP contribution in [-0.2, 0) is 0 Å². The van der Waals surface area contributed by atoms with Crippen LogP contribution < -0.4 is 4.74 Å². The Morgan fingerprint density at radius 1 is 1.46 bits per heavy atom. The summed E-state index contributed by atoms with van der Waals surface area (Å²) in [7, 11) is 0. The van der Waals surface area contributed by atoms with Crippen molar-refractivity contribution in [2.45, 2.75) is 19.8 Å². The molecule has 0 bridgehead atoms. The molecule has 0 spiro atoms. The minimum absolute atomic E-state index is 0.106. The van der Waals surface area contributed by atoms with Gasteiger partial charge in [-0.1, -0.05) is 31.0 Å². The zero-order valence-corrected chi connectivity index (χ0v) is 8.27. The van der Waals surface area contributed by atoms with Crippen molar-refractivity contribution in [2.24, 2.45) is 0 Å². The van der Waals surface area contributed by atoms with E-state index < -0.39 is 5.82 Å². The highest BCUT2D eigenvalue weighted by Gasteiger charge is 2.05. The van der Waals surface area contributed by atoms with Gasteiger partial charge < -0.3 is 4.74 Å². The van der Waals surface area contributed by atoms with Gasteiger partial charge in [-0.15, -0.1) is 0 Å².